The van der Waals surface area contributed by atoms with E-state index < -0.39 is 0 Å². The quantitative estimate of drug-likeness (QED) is 0.759. The molecule has 0 spiro atoms. The van der Waals surface area contributed by atoms with Crippen LogP contribution < -0.4 is 5.32 Å². The van der Waals surface area contributed by atoms with Gasteiger partial charge in [-0.25, -0.2) is 0 Å². The van der Waals surface area contributed by atoms with Gasteiger partial charge in [0.15, 0.2) is 0 Å². The number of nitrogens with zero attached hydrogens (tertiary/aromatic N) is 2. The zero-order valence-electron chi connectivity index (χ0n) is 17.0. The van der Waals surface area contributed by atoms with Crippen LogP contribution in [0.1, 0.15) is 65.9 Å². The van der Waals surface area contributed by atoms with E-state index in [1.807, 2.05) is 19.1 Å². The molecule has 5 nitrogen and oxygen atoms in total. The van der Waals surface area contributed by atoms with Gasteiger partial charge in [-0.15, -0.1) is 11.3 Å². The molecule has 6 heteroatoms. The third-order valence-corrected chi connectivity index (χ3v) is 7.52. The number of thiophene rings is 1. The lowest BCUT2D eigenvalue weighted by atomic mass is 10.1. The maximum atomic E-state index is 12.8. The molecule has 3 aliphatic rings. The molecule has 0 aromatic carbocycles. The fraction of sp³-hybridized carbons (Fsp3) is 0.727. The standard InChI is InChI=1S/C22H33N3O2S/c1-16-5-10-20(28-16)22(27)23-14-19-9-8-18(25(19)15-17-6-7-17)13-21(26)24-11-3-2-4-12-24/h5,10,17-19H,2-4,6-9,11-15H2,1H3,(H,23,27)/t18-,19+/m1/s1. The maximum Gasteiger partial charge on any atom is 0.261 e. The summed E-state index contributed by atoms with van der Waals surface area (Å²) in [5, 5.41) is 3.15. The van der Waals surface area contributed by atoms with Gasteiger partial charge in [-0.2, -0.15) is 0 Å². The molecule has 1 aromatic rings. The topological polar surface area (TPSA) is 52.7 Å². The fourth-order valence-corrected chi connectivity index (χ4v) is 5.46. The predicted molar refractivity (Wildman–Crippen MR) is 113 cm³/mol. The summed E-state index contributed by atoms with van der Waals surface area (Å²) < 4.78 is 0. The normalized spacial score (nSPS) is 25.8. The van der Waals surface area contributed by atoms with E-state index in [4.69, 9.17) is 0 Å². The van der Waals surface area contributed by atoms with E-state index in [1.54, 1.807) is 11.3 Å². The molecular formula is C22H33N3O2S. The number of carbonyl (C=O) groups is 2. The molecular weight excluding hydrogens is 370 g/mol. The van der Waals surface area contributed by atoms with Crippen LogP contribution >= 0.6 is 11.3 Å². The highest BCUT2D eigenvalue weighted by molar-refractivity contribution is 7.13. The summed E-state index contributed by atoms with van der Waals surface area (Å²) in [5.74, 6) is 1.17. The first-order chi connectivity index (χ1) is 13.6. The van der Waals surface area contributed by atoms with Gasteiger partial charge in [0.1, 0.15) is 0 Å². The van der Waals surface area contributed by atoms with Crippen molar-refractivity contribution in [1.29, 1.82) is 0 Å². The molecule has 2 atom stereocenters. The summed E-state index contributed by atoms with van der Waals surface area (Å²) in [7, 11) is 0. The second kappa shape index (κ2) is 8.95. The highest BCUT2D eigenvalue weighted by Gasteiger charge is 2.38. The van der Waals surface area contributed by atoms with Crippen LogP contribution in [0.3, 0.4) is 0 Å². The summed E-state index contributed by atoms with van der Waals surface area (Å²) in [6, 6.07) is 4.62. The third-order valence-electron chi connectivity index (χ3n) is 6.52. The Hall–Kier alpha value is -1.40. The molecule has 2 amide bonds. The number of rotatable bonds is 7. The summed E-state index contributed by atoms with van der Waals surface area (Å²) in [5.41, 5.74) is 0. The van der Waals surface area contributed by atoms with E-state index in [0.717, 1.165) is 61.0 Å². The second-order valence-electron chi connectivity index (χ2n) is 8.79. The third kappa shape index (κ3) is 4.95. The summed E-state index contributed by atoms with van der Waals surface area (Å²) in [6.07, 6.45) is 9.00. The van der Waals surface area contributed by atoms with Crippen molar-refractivity contribution in [2.75, 3.05) is 26.2 Å². The Bertz CT molecular complexity index is 694. The van der Waals surface area contributed by atoms with E-state index in [0.29, 0.717) is 31.0 Å². The Morgan fingerprint density at radius 1 is 1.07 bits per heavy atom. The van der Waals surface area contributed by atoms with Gasteiger partial charge in [-0.3, -0.25) is 14.5 Å². The average Bonchev–Trinajstić information content (AvgIpc) is 3.30. The number of aryl methyl sites for hydroxylation is 1. The maximum absolute atomic E-state index is 12.8. The molecule has 2 aliphatic heterocycles. The van der Waals surface area contributed by atoms with E-state index >= 15 is 0 Å². The van der Waals surface area contributed by atoms with Crippen molar-refractivity contribution in [2.45, 2.75) is 70.4 Å². The second-order valence-corrected chi connectivity index (χ2v) is 10.1. The van der Waals surface area contributed by atoms with Crippen molar-refractivity contribution >= 4 is 23.2 Å². The molecule has 154 valence electrons. The van der Waals surface area contributed by atoms with Crippen molar-refractivity contribution in [3.8, 4) is 0 Å². The lowest BCUT2D eigenvalue weighted by molar-refractivity contribution is -0.133. The Morgan fingerprint density at radius 2 is 1.82 bits per heavy atom. The molecule has 3 heterocycles. The smallest absolute Gasteiger partial charge is 0.261 e. The molecule has 0 bridgehead atoms. The van der Waals surface area contributed by atoms with Crippen LogP contribution in [0.4, 0.5) is 0 Å². The monoisotopic (exact) mass is 403 g/mol. The lowest BCUT2D eigenvalue weighted by Gasteiger charge is -2.33. The Morgan fingerprint density at radius 3 is 2.50 bits per heavy atom. The minimum Gasteiger partial charge on any atom is -0.350 e. The summed E-state index contributed by atoms with van der Waals surface area (Å²) >= 11 is 1.55. The number of hydrogen-bond acceptors (Lipinski definition) is 4. The molecule has 28 heavy (non-hydrogen) atoms. The minimum atomic E-state index is 0.0392. The molecule has 1 N–H and O–H groups in total. The number of nitrogens with one attached hydrogen (secondary N) is 1. The first-order valence-corrected chi connectivity index (χ1v) is 11.8. The molecule has 3 fully saturated rings. The molecule has 0 radical (unpaired) electrons. The zero-order valence-corrected chi connectivity index (χ0v) is 17.8. The van der Waals surface area contributed by atoms with Gasteiger partial charge in [0, 0.05) is 49.6 Å². The Kier molecular flexibility index (Phi) is 6.36. The van der Waals surface area contributed by atoms with Crippen LogP contribution in [-0.4, -0.2) is 59.9 Å². The average molecular weight is 404 g/mol. The van der Waals surface area contributed by atoms with Crippen LogP contribution in [0.2, 0.25) is 0 Å². The van der Waals surface area contributed by atoms with Crippen LogP contribution in [-0.2, 0) is 4.79 Å². The van der Waals surface area contributed by atoms with Gasteiger partial charge in [0.05, 0.1) is 4.88 Å². The lowest BCUT2D eigenvalue weighted by Crippen LogP contribution is -2.46. The van der Waals surface area contributed by atoms with Gasteiger partial charge < -0.3 is 10.2 Å². The van der Waals surface area contributed by atoms with Gasteiger partial charge in [0.2, 0.25) is 5.91 Å². The van der Waals surface area contributed by atoms with Gasteiger partial charge in [0.25, 0.3) is 5.91 Å². The van der Waals surface area contributed by atoms with Crippen molar-refractivity contribution in [1.82, 2.24) is 15.1 Å². The van der Waals surface area contributed by atoms with Crippen molar-refractivity contribution in [3.05, 3.63) is 21.9 Å². The Balaban J connectivity index is 1.33. The summed E-state index contributed by atoms with van der Waals surface area (Å²) in [4.78, 5) is 31.8. The van der Waals surface area contributed by atoms with Gasteiger partial charge >= 0.3 is 0 Å². The highest BCUT2D eigenvalue weighted by Crippen LogP contribution is 2.35. The van der Waals surface area contributed by atoms with Crippen molar-refractivity contribution < 1.29 is 9.59 Å². The predicted octanol–water partition coefficient (Wildman–Crippen LogP) is 3.43. The van der Waals surface area contributed by atoms with Gasteiger partial charge in [-0.1, -0.05) is 0 Å². The molecule has 1 saturated carbocycles. The van der Waals surface area contributed by atoms with Crippen LogP contribution in [0.15, 0.2) is 12.1 Å². The van der Waals surface area contributed by atoms with E-state index in [2.05, 4.69) is 15.1 Å². The van der Waals surface area contributed by atoms with E-state index in [-0.39, 0.29) is 5.91 Å². The first kappa shape index (κ1) is 19.9. The van der Waals surface area contributed by atoms with Crippen molar-refractivity contribution in [2.24, 2.45) is 5.92 Å². The molecule has 2 saturated heterocycles. The molecule has 1 aromatic heterocycles. The number of piperidine rings is 1. The minimum absolute atomic E-state index is 0.0392. The SMILES string of the molecule is Cc1ccc(C(=O)NC[C@@H]2CC[C@H](CC(=O)N3CCCCC3)N2CC2CC2)s1. The van der Waals surface area contributed by atoms with Crippen LogP contribution in [0.5, 0.6) is 0 Å². The molecule has 0 unspecified atom stereocenters. The van der Waals surface area contributed by atoms with Crippen LogP contribution in [0.25, 0.3) is 0 Å². The largest absolute Gasteiger partial charge is 0.350 e. The number of amides is 2. The first-order valence-electron chi connectivity index (χ1n) is 11.0. The Labute approximate surface area is 172 Å². The number of carbonyl (C=O) groups excluding carboxylic acids is 2. The van der Waals surface area contributed by atoms with E-state index in [9.17, 15) is 9.59 Å². The van der Waals surface area contributed by atoms with E-state index in [1.165, 1.54) is 19.3 Å². The number of hydrogen-bond donors (Lipinski definition) is 1. The number of likely N-dealkylation sites (tertiary alicyclic amines) is 2. The molecule has 1 aliphatic carbocycles. The zero-order chi connectivity index (χ0) is 19.5. The summed E-state index contributed by atoms with van der Waals surface area (Å²) in [6.45, 7) is 5.69. The van der Waals surface area contributed by atoms with Crippen LogP contribution in [0, 0.1) is 12.8 Å². The molecule has 4 rings (SSSR count). The van der Waals surface area contributed by atoms with Crippen molar-refractivity contribution in [3.63, 3.8) is 0 Å². The highest BCUT2D eigenvalue weighted by atomic mass is 32.1. The van der Waals surface area contributed by atoms with Gasteiger partial charge in [-0.05, 0) is 69.9 Å². The fourth-order valence-electron chi connectivity index (χ4n) is 4.68.